The molecule has 0 fully saturated rings. The van der Waals surface area contributed by atoms with E-state index >= 15 is 0 Å². The molecule has 0 radical (unpaired) electrons. The van der Waals surface area contributed by atoms with Gasteiger partial charge in [0.2, 0.25) is 0 Å². The number of benzene rings is 3. The highest BCUT2D eigenvalue weighted by atomic mass is 16.4. The number of anilines is 1. The molecule has 5 nitrogen and oxygen atoms in total. The molecule has 4 rings (SSSR count). The van der Waals surface area contributed by atoms with E-state index in [0.29, 0.717) is 16.8 Å². The maximum absolute atomic E-state index is 13.1. The van der Waals surface area contributed by atoms with Gasteiger partial charge in [-0.05, 0) is 29.0 Å². The molecule has 1 unspecified atom stereocenters. The van der Waals surface area contributed by atoms with Gasteiger partial charge in [0.25, 0.3) is 5.91 Å². The maximum Gasteiger partial charge on any atom is 0.335 e. The number of amides is 1. The van der Waals surface area contributed by atoms with Crippen molar-refractivity contribution in [1.29, 1.82) is 5.26 Å². The first-order valence-corrected chi connectivity index (χ1v) is 7.70. The van der Waals surface area contributed by atoms with Crippen LogP contribution in [0.3, 0.4) is 0 Å². The number of carbonyl (C=O) groups is 2. The molecule has 0 saturated carbocycles. The molecule has 0 saturated heterocycles. The highest BCUT2D eigenvalue weighted by Crippen LogP contribution is 2.40. The predicted octanol–water partition coefficient (Wildman–Crippen LogP) is 3.76. The van der Waals surface area contributed by atoms with Crippen molar-refractivity contribution in [3.8, 4) is 6.07 Å². The van der Waals surface area contributed by atoms with Gasteiger partial charge in [-0.25, -0.2) is 4.79 Å². The Hall–Kier alpha value is -3.65. The zero-order valence-electron chi connectivity index (χ0n) is 13.0. The van der Waals surface area contributed by atoms with Crippen molar-refractivity contribution in [3.05, 3.63) is 77.4 Å². The minimum atomic E-state index is -1.08. The van der Waals surface area contributed by atoms with Gasteiger partial charge in [0, 0.05) is 11.3 Å². The summed E-state index contributed by atoms with van der Waals surface area (Å²) in [6.45, 7) is 0. The van der Waals surface area contributed by atoms with E-state index in [1.54, 1.807) is 18.2 Å². The molecule has 0 bridgehead atoms. The summed E-state index contributed by atoms with van der Waals surface area (Å²) in [4.78, 5) is 25.7. The van der Waals surface area contributed by atoms with E-state index in [-0.39, 0.29) is 11.5 Å². The van der Waals surface area contributed by atoms with Crippen molar-refractivity contribution in [3.63, 3.8) is 0 Å². The van der Waals surface area contributed by atoms with Crippen LogP contribution in [0.1, 0.15) is 32.3 Å². The lowest BCUT2D eigenvalue weighted by Gasteiger charge is -2.20. The van der Waals surface area contributed by atoms with E-state index in [1.165, 1.54) is 17.0 Å². The summed E-state index contributed by atoms with van der Waals surface area (Å²) in [5.41, 5.74) is 1.62. The first kappa shape index (κ1) is 14.9. The molecule has 1 amide bonds. The molecular formula is C20H12N2O3. The molecule has 1 aliphatic rings. The Labute approximate surface area is 143 Å². The Morgan fingerprint density at radius 2 is 1.88 bits per heavy atom. The molecule has 0 aromatic heterocycles. The summed E-state index contributed by atoms with van der Waals surface area (Å²) in [6.07, 6.45) is 0. The lowest BCUT2D eigenvalue weighted by Crippen LogP contribution is -2.27. The van der Waals surface area contributed by atoms with Crippen LogP contribution < -0.4 is 4.90 Å². The molecule has 120 valence electrons. The zero-order valence-corrected chi connectivity index (χ0v) is 13.0. The third kappa shape index (κ3) is 2.16. The summed E-state index contributed by atoms with van der Waals surface area (Å²) in [6, 6.07) is 18.7. The van der Waals surface area contributed by atoms with E-state index in [9.17, 15) is 20.0 Å². The topological polar surface area (TPSA) is 81.4 Å². The minimum absolute atomic E-state index is 0.0720. The Balaban J connectivity index is 1.93. The monoisotopic (exact) mass is 328 g/mol. The standard InChI is InChI=1S/C20H12N2O3/c21-11-17-16-9-8-12-4-1-2-7-15(12)18(16)19(23)22(17)14-6-3-5-13(10-14)20(24)25/h1-10,17H,(H,24,25). The Morgan fingerprint density at radius 1 is 1.08 bits per heavy atom. The number of carboxylic acids is 1. The summed E-state index contributed by atoms with van der Waals surface area (Å²) in [5.74, 6) is -1.37. The van der Waals surface area contributed by atoms with Crippen molar-refractivity contribution in [2.75, 3.05) is 4.90 Å². The molecule has 1 atom stereocenters. The zero-order chi connectivity index (χ0) is 17.6. The smallest absolute Gasteiger partial charge is 0.335 e. The Kier molecular flexibility index (Phi) is 3.26. The number of hydrogen-bond acceptors (Lipinski definition) is 3. The van der Waals surface area contributed by atoms with Gasteiger partial charge >= 0.3 is 5.97 Å². The van der Waals surface area contributed by atoms with Gasteiger partial charge < -0.3 is 5.11 Å². The van der Waals surface area contributed by atoms with Crippen LogP contribution in [0.4, 0.5) is 5.69 Å². The third-order valence-corrected chi connectivity index (χ3v) is 4.44. The number of fused-ring (bicyclic) bond motifs is 3. The van der Waals surface area contributed by atoms with Crippen molar-refractivity contribution in [2.45, 2.75) is 6.04 Å². The Bertz CT molecular complexity index is 1080. The van der Waals surface area contributed by atoms with Gasteiger partial charge in [0.1, 0.15) is 0 Å². The lowest BCUT2D eigenvalue weighted by molar-refractivity contribution is 0.0696. The Morgan fingerprint density at radius 3 is 2.64 bits per heavy atom. The average Bonchev–Trinajstić information content (AvgIpc) is 2.94. The van der Waals surface area contributed by atoms with Gasteiger partial charge in [0.15, 0.2) is 6.04 Å². The van der Waals surface area contributed by atoms with E-state index in [2.05, 4.69) is 6.07 Å². The van der Waals surface area contributed by atoms with Crippen molar-refractivity contribution >= 4 is 28.3 Å². The summed E-state index contributed by atoms with van der Waals surface area (Å²) >= 11 is 0. The first-order chi connectivity index (χ1) is 12.1. The van der Waals surface area contributed by atoms with Crippen LogP contribution in [0.2, 0.25) is 0 Å². The van der Waals surface area contributed by atoms with Crippen LogP contribution in [-0.2, 0) is 0 Å². The van der Waals surface area contributed by atoms with Crippen LogP contribution in [0, 0.1) is 11.3 Å². The SMILES string of the molecule is N#CC1c2ccc3ccccc3c2C(=O)N1c1cccc(C(=O)O)c1. The second-order valence-electron chi connectivity index (χ2n) is 5.81. The summed E-state index contributed by atoms with van der Waals surface area (Å²) < 4.78 is 0. The maximum atomic E-state index is 13.1. The number of nitriles is 1. The number of aromatic carboxylic acids is 1. The highest BCUT2D eigenvalue weighted by molar-refractivity contribution is 6.19. The molecule has 3 aromatic rings. The normalized spacial score (nSPS) is 15.9. The molecule has 0 spiro atoms. The second-order valence-corrected chi connectivity index (χ2v) is 5.81. The molecule has 1 N–H and O–H groups in total. The van der Waals surface area contributed by atoms with E-state index in [1.807, 2.05) is 30.3 Å². The van der Waals surface area contributed by atoms with Crippen LogP contribution in [0.25, 0.3) is 10.8 Å². The van der Waals surface area contributed by atoms with E-state index in [0.717, 1.165) is 10.8 Å². The number of carbonyl (C=O) groups excluding carboxylic acids is 1. The van der Waals surface area contributed by atoms with Crippen LogP contribution in [-0.4, -0.2) is 17.0 Å². The fraction of sp³-hybridized carbons (Fsp3) is 0.0500. The van der Waals surface area contributed by atoms with Crippen LogP contribution in [0.15, 0.2) is 60.7 Å². The first-order valence-electron chi connectivity index (χ1n) is 7.70. The molecule has 5 heteroatoms. The van der Waals surface area contributed by atoms with E-state index < -0.39 is 12.0 Å². The van der Waals surface area contributed by atoms with Crippen LogP contribution in [0.5, 0.6) is 0 Å². The van der Waals surface area contributed by atoms with Gasteiger partial charge in [0.05, 0.1) is 17.2 Å². The van der Waals surface area contributed by atoms with Crippen LogP contribution >= 0.6 is 0 Å². The number of nitrogens with zero attached hydrogens (tertiary/aromatic N) is 2. The number of rotatable bonds is 2. The molecule has 1 heterocycles. The lowest BCUT2D eigenvalue weighted by atomic mass is 9.98. The van der Waals surface area contributed by atoms with Crippen molar-refractivity contribution in [1.82, 2.24) is 0 Å². The minimum Gasteiger partial charge on any atom is -0.478 e. The van der Waals surface area contributed by atoms with Crippen molar-refractivity contribution in [2.24, 2.45) is 0 Å². The summed E-state index contributed by atoms with van der Waals surface area (Å²) in [7, 11) is 0. The van der Waals surface area contributed by atoms with Gasteiger partial charge in [-0.15, -0.1) is 0 Å². The third-order valence-electron chi connectivity index (χ3n) is 4.44. The summed E-state index contributed by atoms with van der Waals surface area (Å²) in [5, 5.41) is 20.6. The molecule has 3 aromatic carbocycles. The predicted molar refractivity (Wildman–Crippen MR) is 92.5 cm³/mol. The molecule has 0 aliphatic carbocycles. The molecular weight excluding hydrogens is 316 g/mol. The fourth-order valence-electron chi connectivity index (χ4n) is 3.31. The number of carboxylic acid groups (broad SMARTS) is 1. The number of hydrogen-bond donors (Lipinski definition) is 1. The van der Waals surface area contributed by atoms with Gasteiger partial charge in [-0.1, -0.05) is 42.5 Å². The van der Waals surface area contributed by atoms with Crippen molar-refractivity contribution < 1.29 is 14.7 Å². The largest absolute Gasteiger partial charge is 0.478 e. The van der Waals surface area contributed by atoms with Gasteiger partial charge in [-0.3, -0.25) is 9.69 Å². The molecule has 25 heavy (non-hydrogen) atoms. The second kappa shape index (κ2) is 5.46. The fourth-order valence-corrected chi connectivity index (χ4v) is 3.31. The highest BCUT2D eigenvalue weighted by Gasteiger charge is 2.39. The van der Waals surface area contributed by atoms with E-state index in [4.69, 9.17) is 0 Å². The van der Waals surface area contributed by atoms with Gasteiger partial charge in [-0.2, -0.15) is 5.26 Å². The molecule has 1 aliphatic heterocycles. The quantitative estimate of drug-likeness (QED) is 0.776. The average molecular weight is 328 g/mol.